The van der Waals surface area contributed by atoms with Gasteiger partial charge in [0.05, 0.1) is 21.8 Å². The largest absolute Gasteiger partial charge is 0.486 e. The van der Waals surface area contributed by atoms with Gasteiger partial charge in [-0.25, -0.2) is 4.98 Å². The SMILES string of the molecule is CSc1ccc(NC(=O)c2ccc(-c3ccc4c(c3)OCCO4)s2)cn1. The molecule has 0 saturated carbocycles. The number of hydrogen-bond acceptors (Lipinski definition) is 6. The number of nitrogens with one attached hydrogen (secondary N) is 1. The highest BCUT2D eigenvalue weighted by Crippen LogP contribution is 2.37. The van der Waals surface area contributed by atoms with E-state index in [1.807, 2.05) is 48.7 Å². The Labute approximate surface area is 159 Å². The zero-order valence-electron chi connectivity index (χ0n) is 14.0. The summed E-state index contributed by atoms with van der Waals surface area (Å²) in [5, 5.41) is 3.80. The molecule has 1 aliphatic rings. The first kappa shape index (κ1) is 16.9. The number of thiophene rings is 1. The Morgan fingerprint density at radius 2 is 1.96 bits per heavy atom. The number of fused-ring (bicyclic) bond motifs is 1. The van der Waals surface area contributed by atoms with Crippen LogP contribution in [0.4, 0.5) is 5.69 Å². The second-order valence-electron chi connectivity index (χ2n) is 5.57. The summed E-state index contributed by atoms with van der Waals surface area (Å²) in [6.07, 6.45) is 3.63. The molecule has 0 fully saturated rings. The monoisotopic (exact) mass is 384 g/mol. The topological polar surface area (TPSA) is 60.5 Å². The van der Waals surface area contributed by atoms with Gasteiger partial charge >= 0.3 is 0 Å². The Kier molecular flexibility index (Phi) is 4.81. The lowest BCUT2D eigenvalue weighted by Crippen LogP contribution is -2.15. The third kappa shape index (κ3) is 3.54. The van der Waals surface area contributed by atoms with Gasteiger partial charge in [-0.3, -0.25) is 4.79 Å². The Balaban J connectivity index is 1.51. The quantitative estimate of drug-likeness (QED) is 0.669. The summed E-state index contributed by atoms with van der Waals surface area (Å²) in [7, 11) is 0. The van der Waals surface area contributed by atoms with Gasteiger partial charge in [0.15, 0.2) is 11.5 Å². The Morgan fingerprint density at radius 1 is 1.12 bits per heavy atom. The smallest absolute Gasteiger partial charge is 0.265 e. The van der Waals surface area contributed by atoms with Gasteiger partial charge in [0, 0.05) is 4.88 Å². The average Bonchev–Trinajstić information content (AvgIpc) is 3.18. The summed E-state index contributed by atoms with van der Waals surface area (Å²) in [4.78, 5) is 18.4. The molecule has 26 heavy (non-hydrogen) atoms. The van der Waals surface area contributed by atoms with E-state index in [-0.39, 0.29) is 5.91 Å². The van der Waals surface area contributed by atoms with Crippen LogP contribution >= 0.6 is 23.1 Å². The molecule has 2 aromatic heterocycles. The van der Waals surface area contributed by atoms with Crippen LogP contribution < -0.4 is 14.8 Å². The van der Waals surface area contributed by atoms with Gasteiger partial charge < -0.3 is 14.8 Å². The van der Waals surface area contributed by atoms with Crippen LogP contribution in [0.3, 0.4) is 0 Å². The average molecular weight is 384 g/mol. The van der Waals surface area contributed by atoms with E-state index in [0.717, 1.165) is 27.0 Å². The number of carbonyl (C=O) groups is 1. The van der Waals surface area contributed by atoms with Crippen molar-refractivity contribution in [2.45, 2.75) is 5.03 Å². The summed E-state index contributed by atoms with van der Waals surface area (Å²) in [5.41, 5.74) is 1.69. The standard InChI is InChI=1S/C19H16N2O3S2/c1-25-18-7-3-13(11-20-18)21-19(22)17-6-5-16(26-17)12-2-4-14-15(10-12)24-9-8-23-14/h2-7,10-11H,8-9H2,1H3,(H,21,22). The molecule has 0 bridgehead atoms. The molecule has 1 N–H and O–H groups in total. The molecule has 7 heteroatoms. The first-order valence-electron chi connectivity index (χ1n) is 8.04. The number of hydrogen-bond donors (Lipinski definition) is 1. The first-order valence-corrected chi connectivity index (χ1v) is 10.1. The Morgan fingerprint density at radius 3 is 2.73 bits per heavy atom. The molecule has 3 aromatic rings. The third-order valence-electron chi connectivity index (χ3n) is 3.86. The molecule has 0 spiro atoms. The summed E-state index contributed by atoms with van der Waals surface area (Å²) in [6, 6.07) is 13.3. The van der Waals surface area contributed by atoms with Crippen molar-refractivity contribution >= 4 is 34.7 Å². The number of anilines is 1. The molecule has 3 heterocycles. The molecule has 1 amide bonds. The number of amides is 1. The minimum absolute atomic E-state index is 0.141. The van der Waals surface area contributed by atoms with Crippen LogP contribution in [0.25, 0.3) is 10.4 Å². The van der Waals surface area contributed by atoms with Crippen molar-refractivity contribution in [3.05, 3.63) is 53.5 Å². The molecule has 132 valence electrons. The van der Waals surface area contributed by atoms with Crippen LogP contribution in [0.5, 0.6) is 11.5 Å². The minimum Gasteiger partial charge on any atom is -0.486 e. The van der Waals surface area contributed by atoms with Gasteiger partial charge in [-0.05, 0) is 54.3 Å². The zero-order chi connectivity index (χ0) is 17.9. The van der Waals surface area contributed by atoms with Gasteiger partial charge in [-0.2, -0.15) is 0 Å². The Hall–Kier alpha value is -2.51. The second-order valence-corrected chi connectivity index (χ2v) is 7.48. The number of rotatable bonds is 4. The number of benzene rings is 1. The van der Waals surface area contributed by atoms with Crippen molar-refractivity contribution in [2.75, 3.05) is 24.8 Å². The number of pyridine rings is 1. The molecule has 1 aromatic carbocycles. The lowest BCUT2D eigenvalue weighted by Gasteiger charge is -2.18. The minimum atomic E-state index is -0.141. The van der Waals surface area contributed by atoms with E-state index < -0.39 is 0 Å². The highest BCUT2D eigenvalue weighted by atomic mass is 32.2. The lowest BCUT2D eigenvalue weighted by atomic mass is 10.1. The summed E-state index contributed by atoms with van der Waals surface area (Å²) in [6.45, 7) is 1.13. The van der Waals surface area contributed by atoms with Crippen LogP contribution in [0.2, 0.25) is 0 Å². The summed E-state index contributed by atoms with van der Waals surface area (Å²) >= 11 is 3.00. The van der Waals surface area contributed by atoms with Crippen LogP contribution in [0, 0.1) is 0 Å². The normalized spacial score (nSPS) is 12.7. The maximum absolute atomic E-state index is 12.5. The van der Waals surface area contributed by atoms with Crippen molar-refractivity contribution < 1.29 is 14.3 Å². The number of carbonyl (C=O) groups excluding carboxylic acids is 1. The van der Waals surface area contributed by atoms with Crippen molar-refractivity contribution in [1.29, 1.82) is 0 Å². The fourth-order valence-electron chi connectivity index (χ4n) is 2.58. The first-order chi connectivity index (χ1) is 12.7. The van der Waals surface area contributed by atoms with E-state index in [1.165, 1.54) is 11.3 Å². The molecule has 4 rings (SSSR count). The Bertz CT molecular complexity index is 938. The maximum atomic E-state index is 12.5. The predicted molar refractivity (Wildman–Crippen MR) is 105 cm³/mol. The van der Waals surface area contributed by atoms with E-state index >= 15 is 0 Å². The number of nitrogens with zero attached hydrogens (tertiary/aromatic N) is 1. The van der Waals surface area contributed by atoms with Crippen LogP contribution in [-0.4, -0.2) is 30.4 Å². The molecule has 0 atom stereocenters. The van der Waals surface area contributed by atoms with Crippen LogP contribution in [0.1, 0.15) is 9.67 Å². The van der Waals surface area contributed by atoms with Crippen molar-refractivity contribution in [2.24, 2.45) is 0 Å². The van der Waals surface area contributed by atoms with Gasteiger partial charge in [0.1, 0.15) is 13.2 Å². The third-order valence-corrected chi connectivity index (χ3v) is 5.65. The molecule has 0 aliphatic carbocycles. The molecule has 0 radical (unpaired) electrons. The van der Waals surface area contributed by atoms with E-state index in [9.17, 15) is 4.79 Å². The van der Waals surface area contributed by atoms with E-state index in [2.05, 4.69) is 10.3 Å². The highest BCUT2D eigenvalue weighted by Gasteiger charge is 2.15. The molecule has 0 saturated heterocycles. The number of aromatic nitrogens is 1. The van der Waals surface area contributed by atoms with Crippen molar-refractivity contribution in [1.82, 2.24) is 4.98 Å². The summed E-state index contributed by atoms with van der Waals surface area (Å²) < 4.78 is 11.2. The fraction of sp³-hybridized carbons (Fsp3) is 0.158. The second kappa shape index (κ2) is 7.39. The molecular formula is C19H16N2O3S2. The molecule has 0 unspecified atom stereocenters. The van der Waals surface area contributed by atoms with Crippen LogP contribution in [-0.2, 0) is 0 Å². The maximum Gasteiger partial charge on any atom is 0.265 e. The molecule has 1 aliphatic heterocycles. The van der Waals surface area contributed by atoms with Crippen molar-refractivity contribution in [3.63, 3.8) is 0 Å². The number of ether oxygens (including phenoxy) is 2. The van der Waals surface area contributed by atoms with Crippen molar-refractivity contribution in [3.8, 4) is 21.9 Å². The van der Waals surface area contributed by atoms with Gasteiger partial charge in [-0.1, -0.05) is 0 Å². The molecule has 5 nitrogen and oxygen atoms in total. The van der Waals surface area contributed by atoms with E-state index in [0.29, 0.717) is 23.8 Å². The van der Waals surface area contributed by atoms with E-state index in [1.54, 1.807) is 18.0 Å². The number of thioether (sulfide) groups is 1. The summed E-state index contributed by atoms with van der Waals surface area (Å²) in [5.74, 6) is 1.36. The fourth-order valence-corrected chi connectivity index (χ4v) is 3.84. The lowest BCUT2D eigenvalue weighted by molar-refractivity contribution is 0.103. The van der Waals surface area contributed by atoms with Crippen LogP contribution in [0.15, 0.2) is 53.7 Å². The highest BCUT2D eigenvalue weighted by molar-refractivity contribution is 7.98. The molecular weight excluding hydrogens is 368 g/mol. The van der Waals surface area contributed by atoms with E-state index in [4.69, 9.17) is 9.47 Å². The van der Waals surface area contributed by atoms with Gasteiger partial charge in [0.25, 0.3) is 5.91 Å². The van der Waals surface area contributed by atoms with Gasteiger partial charge in [-0.15, -0.1) is 23.1 Å². The van der Waals surface area contributed by atoms with Gasteiger partial charge in [0.2, 0.25) is 0 Å². The zero-order valence-corrected chi connectivity index (χ0v) is 15.7. The predicted octanol–water partition coefficient (Wildman–Crippen LogP) is 4.56.